The van der Waals surface area contributed by atoms with E-state index < -0.39 is 57.8 Å². The van der Waals surface area contributed by atoms with Gasteiger partial charge in [0, 0.05) is 12.8 Å². The first kappa shape index (κ1) is 70.4. The van der Waals surface area contributed by atoms with Gasteiger partial charge in [0.25, 0.3) is 0 Å². The van der Waals surface area contributed by atoms with Gasteiger partial charge in [-0.15, -0.1) is 0 Å². The summed E-state index contributed by atoms with van der Waals surface area (Å²) in [6.07, 6.45) is 65.4. The van der Waals surface area contributed by atoms with Gasteiger partial charge < -0.3 is 24.2 Å². The summed E-state index contributed by atoms with van der Waals surface area (Å²) in [5.74, 6) is -1.63. The first-order chi connectivity index (χ1) is 36.2. The summed E-state index contributed by atoms with van der Waals surface area (Å²) in [6.45, 7) is 4.30. The number of ether oxygens (including phenoxy) is 3. The van der Waals surface area contributed by atoms with Crippen molar-refractivity contribution in [2.75, 3.05) is 26.4 Å². The molecule has 3 unspecified atom stereocenters. The van der Waals surface area contributed by atoms with E-state index in [-0.39, 0.29) is 25.9 Å². The van der Waals surface area contributed by atoms with E-state index in [1.54, 1.807) is 6.08 Å². The number of phosphoric ester groups is 1. The highest BCUT2D eigenvalue weighted by Crippen LogP contribution is 2.43. The minimum absolute atomic E-state index is 0.0677. The predicted octanol–water partition coefficient (Wildman–Crippen LogP) is 17.3. The van der Waals surface area contributed by atoms with Crippen molar-refractivity contribution >= 4 is 25.7 Å². The quantitative estimate of drug-likeness (QED) is 0.0197. The molecule has 0 aliphatic carbocycles. The largest absolute Gasteiger partial charge is 0.472 e. The SMILES string of the molecule is CC/C=C\C/C=C\C/C=C\C/C=C\C/C=C\CC(=O)OC(COC(=O)CCCCCCCCCCCCCCCCCCC)COP(=O)(O)OCC(CO)OC(=O)CCCCCCC/C=C\C/C=C\C/C=C\CC. The van der Waals surface area contributed by atoms with Crippen molar-refractivity contribution in [2.45, 2.75) is 251 Å². The molecule has 0 aliphatic heterocycles. The molecule has 0 heterocycles. The maximum absolute atomic E-state index is 12.9. The molecule has 0 aromatic rings. The normalized spacial score (nSPS) is 14.1. The highest BCUT2D eigenvalue weighted by Gasteiger charge is 2.28. The lowest BCUT2D eigenvalue weighted by Gasteiger charge is -2.21. The molecule has 0 amide bonds. The van der Waals surface area contributed by atoms with E-state index in [1.807, 2.05) is 12.2 Å². The van der Waals surface area contributed by atoms with Crippen LogP contribution < -0.4 is 0 Å². The fraction of sp³-hybridized carbons (Fsp3) is 0.694. The van der Waals surface area contributed by atoms with Crippen LogP contribution in [-0.4, -0.2) is 66.5 Å². The lowest BCUT2D eigenvalue weighted by Crippen LogP contribution is -2.30. The molecule has 0 radical (unpaired) electrons. The molecule has 0 aromatic carbocycles. The van der Waals surface area contributed by atoms with Crippen LogP contribution in [0.2, 0.25) is 0 Å². The minimum atomic E-state index is -4.78. The van der Waals surface area contributed by atoms with E-state index >= 15 is 0 Å². The molecular formula is C62H105O11P. The van der Waals surface area contributed by atoms with Crippen LogP contribution in [0, 0.1) is 0 Å². The van der Waals surface area contributed by atoms with Crippen molar-refractivity contribution in [3.63, 3.8) is 0 Å². The number of phosphoric acid groups is 1. The molecule has 74 heavy (non-hydrogen) atoms. The molecular weight excluding hydrogens is 952 g/mol. The van der Waals surface area contributed by atoms with Gasteiger partial charge in [0.1, 0.15) is 12.7 Å². The van der Waals surface area contributed by atoms with E-state index in [2.05, 4.69) is 99.8 Å². The van der Waals surface area contributed by atoms with Crippen molar-refractivity contribution in [1.82, 2.24) is 0 Å². The number of hydrogen-bond donors (Lipinski definition) is 2. The monoisotopic (exact) mass is 1060 g/mol. The van der Waals surface area contributed by atoms with Gasteiger partial charge in [-0.25, -0.2) is 4.57 Å². The zero-order chi connectivity index (χ0) is 54.1. The number of rotatable bonds is 53. The van der Waals surface area contributed by atoms with Gasteiger partial charge in [0.15, 0.2) is 6.10 Å². The number of allylic oxidation sites excluding steroid dienone is 15. The van der Waals surface area contributed by atoms with Crippen molar-refractivity contribution in [3.05, 3.63) is 97.2 Å². The number of carbonyl (C=O) groups is 3. The van der Waals surface area contributed by atoms with Crippen molar-refractivity contribution in [2.24, 2.45) is 0 Å². The standard InChI is InChI=1S/C62H105O11P/c1-4-7-10-13-16-19-22-25-28-29-32-33-36-39-42-45-48-51-60(64)69-55-59(73-62(66)53-50-47-44-41-38-35-31-27-24-21-18-15-12-9-6-3)57-71-74(67,68)70-56-58(54-63)72-61(65)52-49-46-43-40-37-34-30-26-23-20-17-14-11-8-5-2/h8-9,11-12,17-18,20-21,26-27,30-31,38,41,47,50,58-59,63H,4-7,10,13-16,19,22-25,28-29,32-37,39-40,42-46,48-49,51-57H2,1-3H3,(H,67,68)/b11-8-,12-9-,20-17-,21-18-,30-26-,31-27-,41-38-,50-47-. The summed E-state index contributed by atoms with van der Waals surface area (Å²) in [4.78, 5) is 48.5. The lowest BCUT2D eigenvalue weighted by molar-refractivity contribution is -0.160. The second-order valence-electron chi connectivity index (χ2n) is 19.1. The van der Waals surface area contributed by atoms with Crippen molar-refractivity contribution in [3.8, 4) is 0 Å². The van der Waals surface area contributed by atoms with E-state index in [4.69, 9.17) is 23.3 Å². The van der Waals surface area contributed by atoms with Gasteiger partial charge in [-0.3, -0.25) is 23.4 Å². The average molecular weight is 1060 g/mol. The number of hydrogen-bond acceptors (Lipinski definition) is 10. The Labute approximate surface area is 451 Å². The Morgan fingerprint density at radius 3 is 1.19 bits per heavy atom. The van der Waals surface area contributed by atoms with Crippen LogP contribution in [0.25, 0.3) is 0 Å². The maximum atomic E-state index is 12.9. The molecule has 0 spiro atoms. The zero-order valence-electron chi connectivity index (χ0n) is 46.8. The molecule has 3 atom stereocenters. The van der Waals surface area contributed by atoms with E-state index in [0.29, 0.717) is 19.3 Å². The van der Waals surface area contributed by atoms with Gasteiger partial charge in [-0.05, 0) is 77.0 Å². The van der Waals surface area contributed by atoms with Gasteiger partial charge in [-0.1, -0.05) is 240 Å². The molecule has 0 aliphatic rings. The Morgan fingerprint density at radius 1 is 0.405 bits per heavy atom. The smallest absolute Gasteiger partial charge is 0.462 e. The highest BCUT2D eigenvalue weighted by atomic mass is 31.2. The summed E-state index contributed by atoms with van der Waals surface area (Å²) in [5, 5.41) is 9.81. The molecule has 0 fully saturated rings. The highest BCUT2D eigenvalue weighted by molar-refractivity contribution is 7.47. The molecule has 11 nitrogen and oxygen atoms in total. The van der Waals surface area contributed by atoms with Crippen LogP contribution in [0.5, 0.6) is 0 Å². The molecule has 2 N–H and O–H groups in total. The maximum Gasteiger partial charge on any atom is 0.472 e. The molecule has 0 aromatic heterocycles. The summed E-state index contributed by atoms with van der Waals surface area (Å²) in [6, 6.07) is 0. The summed E-state index contributed by atoms with van der Waals surface area (Å²) in [7, 11) is -4.78. The number of unbranched alkanes of at least 4 members (excludes halogenated alkanes) is 21. The number of esters is 3. The Hall–Kier alpha value is -3.60. The molecule has 0 rings (SSSR count). The number of carbonyl (C=O) groups excluding carboxylic acids is 3. The summed E-state index contributed by atoms with van der Waals surface area (Å²) >= 11 is 0. The fourth-order valence-corrected chi connectivity index (χ4v) is 8.47. The topological polar surface area (TPSA) is 155 Å². The molecule has 12 heteroatoms. The third-order valence-electron chi connectivity index (χ3n) is 12.0. The predicted molar refractivity (Wildman–Crippen MR) is 307 cm³/mol. The second kappa shape index (κ2) is 55.6. The Balaban J connectivity index is 4.81. The molecule has 0 bridgehead atoms. The van der Waals surface area contributed by atoms with Crippen LogP contribution in [0.15, 0.2) is 97.2 Å². The van der Waals surface area contributed by atoms with Crippen molar-refractivity contribution in [1.29, 1.82) is 0 Å². The van der Waals surface area contributed by atoms with Crippen LogP contribution in [0.1, 0.15) is 239 Å². The molecule has 0 saturated heterocycles. The zero-order valence-corrected chi connectivity index (χ0v) is 47.7. The van der Waals surface area contributed by atoms with Gasteiger partial charge in [0.2, 0.25) is 0 Å². The second-order valence-corrected chi connectivity index (χ2v) is 20.5. The lowest BCUT2D eigenvalue weighted by atomic mass is 10.0. The number of aliphatic hydroxyl groups is 1. The van der Waals surface area contributed by atoms with E-state index in [0.717, 1.165) is 96.3 Å². The van der Waals surface area contributed by atoms with E-state index in [1.165, 1.54) is 83.5 Å². The summed E-state index contributed by atoms with van der Waals surface area (Å²) < 4.78 is 39.4. The first-order valence-corrected chi connectivity index (χ1v) is 30.6. The third-order valence-corrected chi connectivity index (χ3v) is 13.0. The Bertz CT molecular complexity index is 1610. The van der Waals surface area contributed by atoms with Crippen LogP contribution >= 0.6 is 7.82 Å². The number of aliphatic hydroxyl groups excluding tert-OH is 1. The Morgan fingerprint density at radius 2 is 0.757 bits per heavy atom. The van der Waals surface area contributed by atoms with Crippen LogP contribution in [0.4, 0.5) is 0 Å². The molecule has 0 saturated carbocycles. The first-order valence-electron chi connectivity index (χ1n) is 29.1. The average Bonchev–Trinajstić information content (AvgIpc) is 3.39. The van der Waals surface area contributed by atoms with Crippen LogP contribution in [0.3, 0.4) is 0 Å². The van der Waals surface area contributed by atoms with Gasteiger partial charge in [-0.2, -0.15) is 0 Å². The van der Waals surface area contributed by atoms with E-state index in [9.17, 15) is 28.9 Å². The van der Waals surface area contributed by atoms with Crippen molar-refractivity contribution < 1.29 is 52.2 Å². The minimum Gasteiger partial charge on any atom is -0.462 e. The fourth-order valence-electron chi connectivity index (χ4n) is 7.68. The summed E-state index contributed by atoms with van der Waals surface area (Å²) in [5.41, 5.74) is 0. The van der Waals surface area contributed by atoms with Crippen LogP contribution in [-0.2, 0) is 42.2 Å². The third kappa shape index (κ3) is 53.2. The molecule has 424 valence electrons. The van der Waals surface area contributed by atoms with Gasteiger partial charge in [0.05, 0.1) is 26.2 Å². The van der Waals surface area contributed by atoms with Gasteiger partial charge >= 0.3 is 25.7 Å². The Kier molecular flexibility index (Phi) is 52.9.